The monoisotopic (exact) mass is 360 g/mol. The SMILES string of the molecule is CC(C)CCOCC(OCCOC(C)C)C(C)(C)C.CCC(C)CC. The molecule has 0 N–H and O–H groups in total. The van der Waals surface area contributed by atoms with E-state index < -0.39 is 0 Å². The van der Waals surface area contributed by atoms with Gasteiger partial charge in [-0.1, -0.05) is 68.2 Å². The Morgan fingerprint density at radius 1 is 0.760 bits per heavy atom. The van der Waals surface area contributed by atoms with Crippen molar-refractivity contribution >= 4 is 0 Å². The normalized spacial score (nSPS) is 13.3. The van der Waals surface area contributed by atoms with Crippen LogP contribution in [0.2, 0.25) is 0 Å². The fourth-order valence-electron chi connectivity index (χ4n) is 1.82. The van der Waals surface area contributed by atoms with Gasteiger partial charge in [-0.05, 0) is 37.5 Å². The van der Waals surface area contributed by atoms with Gasteiger partial charge in [0.05, 0.1) is 32.0 Å². The Labute approximate surface area is 159 Å². The quantitative estimate of drug-likeness (QED) is 0.380. The van der Waals surface area contributed by atoms with Crippen molar-refractivity contribution in [3.63, 3.8) is 0 Å². The number of hydrogen-bond acceptors (Lipinski definition) is 3. The highest BCUT2D eigenvalue weighted by Gasteiger charge is 2.25. The van der Waals surface area contributed by atoms with Crippen molar-refractivity contribution in [3.05, 3.63) is 0 Å². The van der Waals surface area contributed by atoms with Gasteiger partial charge in [-0.15, -0.1) is 0 Å². The highest BCUT2D eigenvalue weighted by molar-refractivity contribution is 4.74. The van der Waals surface area contributed by atoms with Gasteiger partial charge >= 0.3 is 0 Å². The molecule has 0 aromatic rings. The molecular formula is C22H48O3. The van der Waals surface area contributed by atoms with Gasteiger partial charge in [-0.25, -0.2) is 0 Å². The van der Waals surface area contributed by atoms with E-state index in [-0.39, 0.29) is 17.6 Å². The zero-order valence-corrected chi connectivity index (χ0v) is 19.0. The molecule has 0 fully saturated rings. The molecule has 0 bridgehead atoms. The molecule has 0 saturated carbocycles. The molecule has 3 heteroatoms. The summed E-state index contributed by atoms with van der Waals surface area (Å²) in [6.45, 7) is 24.6. The summed E-state index contributed by atoms with van der Waals surface area (Å²) in [4.78, 5) is 0. The van der Waals surface area contributed by atoms with Crippen molar-refractivity contribution in [2.75, 3.05) is 26.4 Å². The molecule has 25 heavy (non-hydrogen) atoms. The molecule has 0 radical (unpaired) electrons. The molecule has 1 unspecified atom stereocenters. The number of rotatable bonds is 12. The minimum atomic E-state index is 0.0929. The van der Waals surface area contributed by atoms with Crippen molar-refractivity contribution in [2.45, 2.75) is 101 Å². The maximum Gasteiger partial charge on any atom is 0.0857 e. The van der Waals surface area contributed by atoms with E-state index in [1.807, 2.05) is 13.8 Å². The second kappa shape index (κ2) is 16.1. The number of hydrogen-bond donors (Lipinski definition) is 0. The van der Waals surface area contributed by atoms with Crippen LogP contribution in [0.5, 0.6) is 0 Å². The molecule has 0 heterocycles. The number of ether oxygens (including phenoxy) is 3. The molecule has 0 spiro atoms. The smallest absolute Gasteiger partial charge is 0.0857 e. The van der Waals surface area contributed by atoms with Crippen LogP contribution in [0.3, 0.4) is 0 Å². The highest BCUT2D eigenvalue weighted by Crippen LogP contribution is 2.22. The average Bonchev–Trinajstić information content (AvgIpc) is 2.51. The first-order valence-electron chi connectivity index (χ1n) is 10.3. The van der Waals surface area contributed by atoms with Gasteiger partial charge < -0.3 is 14.2 Å². The molecule has 1 atom stereocenters. The van der Waals surface area contributed by atoms with Crippen molar-refractivity contribution in [1.82, 2.24) is 0 Å². The lowest BCUT2D eigenvalue weighted by Crippen LogP contribution is -2.35. The van der Waals surface area contributed by atoms with E-state index in [2.05, 4.69) is 55.4 Å². The molecule has 0 aliphatic carbocycles. The minimum absolute atomic E-state index is 0.0929. The molecule has 154 valence electrons. The van der Waals surface area contributed by atoms with Crippen LogP contribution in [0.1, 0.15) is 88.5 Å². The predicted molar refractivity (Wildman–Crippen MR) is 110 cm³/mol. The lowest BCUT2D eigenvalue weighted by atomic mass is 9.89. The van der Waals surface area contributed by atoms with Gasteiger partial charge in [0.15, 0.2) is 0 Å². The van der Waals surface area contributed by atoms with Gasteiger partial charge in [0, 0.05) is 6.61 Å². The first-order valence-corrected chi connectivity index (χ1v) is 10.3. The van der Waals surface area contributed by atoms with E-state index in [1.165, 1.54) is 12.8 Å². The maximum atomic E-state index is 5.91. The molecule has 0 aromatic carbocycles. The summed E-state index contributed by atoms with van der Waals surface area (Å²) in [6.07, 6.45) is 4.15. The third-order valence-corrected chi connectivity index (χ3v) is 4.32. The zero-order chi connectivity index (χ0) is 19.9. The van der Waals surface area contributed by atoms with Gasteiger partial charge in [-0.3, -0.25) is 0 Å². The van der Waals surface area contributed by atoms with Crippen LogP contribution in [-0.2, 0) is 14.2 Å². The molecule has 3 nitrogen and oxygen atoms in total. The van der Waals surface area contributed by atoms with Crippen molar-refractivity contribution in [2.24, 2.45) is 17.3 Å². The molecule has 0 rings (SSSR count). The third-order valence-electron chi connectivity index (χ3n) is 4.32. The lowest BCUT2D eigenvalue weighted by Gasteiger charge is -2.30. The largest absolute Gasteiger partial charge is 0.379 e. The van der Waals surface area contributed by atoms with Crippen LogP contribution in [-0.4, -0.2) is 38.6 Å². The molecule has 0 saturated heterocycles. The van der Waals surface area contributed by atoms with Crippen LogP contribution < -0.4 is 0 Å². The van der Waals surface area contributed by atoms with Crippen LogP contribution in [0.15, 0.2) is 0 Å². The molecule has 0 aromatic heterocycles. The Balaban J connectivity index is 0. The van der Waals surface area contributed by atoms with Gasteiger partial charge in [0.2, 0.25) is 0 Å². The van der Waals surface area contributed by atoms with Crippen molar-refractivity contribution in [3.8, 4) is 0 Å². The van der Waals surface area contributed by atoms with Gasteiger partial charge in [0.1, 0.15) is 0 Å². The predicted octanol–water partition coefficient (Wildman–Crippen LogP) is 6.35. The minimum Gasteiger partial charge on any atom is -0.379 e. The highest BCUT2D eigenvalue weighted by atomic mass is 16.6. The Morgan fingerprint density at radius 3 is 1.64 bits per heavy atom. The van der Waals surface area contributed by atoms with E-state index in [1.54, 1.807) is 0 Å². The van der Waals surface area contributed by atoms with Crippen LogP contribution in [0, 0.1) is 17.3 Å². The molecular weight excluding hydrogens is 312 g/mol. The van der Waals surface area contributed by atoms with E-state index in [0.717, 1.165) is 18.9 Å². The first kappa shape index (κ1) is 27.1. The van der Waals surface area contributed by atoms with E-state index in [0.29, 0.717) is 25.7 Å². The Hall–Kier alpha value is -0.120. The summed E-state index contributed by atoms with van der Waals surface area (Å²) in [7, 11) is 0. The van der Waals surface area contributed by atoms with Crippen molar-refractivity contribution in [1.29, 1.82) is 0 Å². The maximum absolute atomic E-state index is 5.91. The summed E-state index contributed by atoms with van der Waals surface area (Å²) < 4.78 is 17.2. The average molecular weight is 361 g/mol. The Morgan fingerprint density at radius 2 is 1.28 bits per heavy atom. The van der Waals surface area contributed by atoms with Gasteiger partial charge in [0.25, 0.3) is 0 Å². The van der Waals surface area contributed by atoms with E-state index in [4.69, 9.17) is 14.2 Å². The topological polar surface area (TPSA) is 27.7 Å². The lowest BCUT2D eigenvalue weighted by molar-refractivity contribution is -0.0882. The summed E-state index contributed by atoms with van der Waals surface area (Å²) >= 11 is 0. The van der Waals surface area contributed by atoms with Crippen LogP contribution >= 0.6 is 0 Å². The summed E-state index contributed by atoms with van der Waals surface area (Å²) in [5.74, 6) is 1.62. The molecule has 0 aliphatic rings. The van der Waals surface area contributed by atoms with Crippen LogP contribution in [0.25, 0.3) is 0 Å². The van der Waals surface area contributed by atoms with E-state index in [9.17, 15) is 0 Å². The van der Waals surface area contributed by atoms with Crippen LogP contribution in [0.4, 0.5) is 0 Å². The fraction of sp³-hybridized carbons (Fsp3) is 1.00. The summed E-state index contributed by atoms with van der Waals surface area (Å²) in [5.41, 5.74) is 0.0929. The van der Waals surface area contributed by atoms with Crippen molar-refractivity contribution < 1.29 is 14.2 Å². The molecule has 0 amide bonds. The van der Waals surface area contributed by atoms with Gasteiger partial charge in [-0.2, -0.15) is 0 Å². The third kappa shape index (κ3) is 20.0. The Kier molecular flexibility index (Phi) is 17.4. The zero-order valence-electron chi connectivity index (χ0n) is 19.0. The first-order chi connectivity index (χ1) is 11.5. The summed E-state index contributed by atoms with van der Waals surface area (Å²) in [6, 6.07) is 0. The second-order valence-corrected chi connectivity index (χ2v) is 8.82. The second-order valence-electron chi connectivity index (χ2n) is 8.82. The summed E-state index contributed by atoms with van der Waals surface area (Å²) in [5, 5.41) is 0. The fourth-order valence-corrected chi connectivity index (χ4v) is 1.82. The standard InChI is InChI=1S/C16H34O3.C6H14/c1-13(2)8-9-17-12-15(16(5,6)7)19-11-10-18-14(3)4;1-4-6(3)5-2/h13-15H,8-12H2,1-7H3;6H,4-5H2,1-3H3. The molecule has 0 aliphatic heterocycles. The van der Waals surface area contributed by atoms with E-state index >= 15 is 0 Å². The Bertz CT molecular complexity index is 249.